The largest absolute Gasteiger partial charge is 0.494 e. The molecule has 1 aromatic rings. The fourth-order valence-corrected chi connectivity index (χ4v) is 3.12. The lowest BCUT2D eigenvalue weighted by Gasteiger charge is -2.15. The van der Waals surface area contributed by atoms with Gasteiger partial charge in [-0.25, -0.2) is 0 Å². The highest BCUT2D eigenvalue weighted by Gasteiger charge is 2.17. The summed E-state index contributed by atoms with van der Waals surface area (Å²) in [7, 11) is 0. The van der Waals surface area contributed by atoms with Crippen LogP contribution in [0.25, 0.3) is 0 Å². The Morgan fingerprint density at radius 1 is 1.27 bits per heavy atom. The average molecular weight is 361 g/mol. The molecule has 0 spiro atoms. The van der Waals surface area contributed by atoms with Crippen LogP contribution in [0.15, 0.2) is 24.3 Å². The first-order valence-electron chi connectivity index (χ1n) is 9.60. The van der Waals surface area contributed by atoms with Crippen LogP contribution >= 0.6 is 0 Å². The lowest BCUT2D eigenvalue weighted by Crippen LogP contribution is -2.33. The number of benzene rings is 1. The number of ether oxygens (including phenoxy) is 1. The van der Waals surface area contributed by atoms with Crippen LogP contribution in [-0.2, 0) is 9.59 Å². The predicted octanol–water partition coefficient (Wildman–Crippen LogP) is 2.30. The number of carbonyl (C=O) groups excluding carboxylic acids is 2. The van der Waals surface area contributed by atoms with Crippen molar-refractivity contribution in [1.29, 1.82) is 0 Å². The zero-order chi connectivity index (χ0) is 18.8. The van der Waals surface area contributed by atoms with Crippen LogP contribution in [0.5, 0.6) is 5.75 Å². The van der Waals surface area contributed by atoms with E-state index in [1.54, 1.807) is 0 Å². The van der Waals surface area contributed by atoms with Gasteiger partial charge in [-0.1, -0.05) is 12.1 Å². The van der Waals surface area contributed by atoms with Crippen molar-refractivity contribution in [3.63, 3.8) is 0 Å². The zero-order valence-corrected chi connectivity index (χ0v) is 15.8. The molecule has 1 fully saturated rings. The number of amides is 2. The van der Waals surface area contributed by atoms with Gasteiger partial charge < -0.3 is 20.7 Å². The summed E-state index contributed by atoms with van der Waals surface area (Å²) in [4.78, 5) is 23.9. The minimum atomic E-state index is -0.0544. The maximum absolute atomic E-state index is 12.1. The molecule has 0 aromatic heterocycles. The molecule has 1 aliphatic rings. The van der Waals surface area contributed by atoms with E-state index < -0.39 is 0 Å². The van der Waals surface area contributed by atoms with Crippen LogP contribution in [0.3, 0.4) is 0 Å². The summed E-state index contributed by atoms with van der Waals surface area (Å²) in [5, 5.41) is 9.20. The lowest BCUT2D eigenvalue weighted by molar-refractivity contribution is -0.123. The second-order valence-electron chi connectivity index (χ2n) is 6.74. The molecule has 1 aromatic carbocycles. The summed E-state index contributed by atoms with van der Waals surface area (Å²) in [6.45, 7) is 6.09. The van der Waals surface area contributed by atoms with Gasteiger partial charge in [-0.2, -0.15) is 0 Å². The molecule has 0 saturated carbocycles. The molecular weight excluding hydrogens is 330 g/mol. The Morgan fingerprint density at radius 3 is 2.69 bits per heavy atom. The molecule has 0 aliphatic carbocycles. The summed E-state index contributed by atoms with van der Waals surface area (Å²) >= 11 is 0. The van der Waals surface area contributed by atoms with E-state index in [2.05, 4.69) is 16.0 Å². The van der Waals surface area contributed by atoms with Crippen molar-refractivity contribution in [2.45, 2.75) is 58.0 Å². The molecule has 1 aliphatic heterocycles. The second-order valence-corrected chi connectivity index (χ2v) is 6.74. The van der Waals surface area contributed by atoms with E-state index in [0.29, 0.717) is 38.5 Å². The maximum Gasteiger partial charge on any atom is 0.221 e. The Kier molecular flexibility index (Phi) is 8.41. The fraction of sp³-hybridized carbons (Fsp3) is 0.600. The smallest absolute Gasteiger partial charge is 0.221 e. The highest BCUT2D eigenvalue weighted by atomic mass is 16.5. The van der Waals surface area contributed by atoms with Gasteiger partial charge in [0.15, 0.2) is 0 Å². The van der Waals surface area contributed by atoms with Gasteiger partial charge in [0.2, 0.25) is 11.8 Å². The van der Waals surface area contributed by atoms with Gasteiger partial charge in [0.1, 0.15) is 5.75 Å². The lowest BCUT2D eigenvalue weighted by atomic mass is 10.1. The molecular formula is C20H31N3O3. The highest BCUT2D eigenvalue weighted by molar-refractivity contribution is 5.77. The van der Waals surface area contributed by atoms with Gasteiger partial charge in [0, 0.05) is 25.4 Å². The molecule has 2 rings (SSSR count). The SMILES string of the molecule is CCOc1ccc(C(C)NC(=O)CCCNC(=O)CC2CCCN2)cc1. The predicted molar refractivity (Wildman–Crippen MR) is 102 cm³/mol. The Labute approximate surface area is 156 Å². The van der Waals surface area contributed by atoms with Crippen LogP contribution in [0.4, 0.5) is 0 Å². The minimum Gasteiger partial charge on any atom is -0.494 e. The molecule has 6 nitrogen and oxygen atoms in total. The van der Waals surface area contributed by atoms with E-state index in [4.69, 9.17) is 4.74 Å². The van der Waals surface area contributed by atoms with Crippen molar-refractivity contribution in [3.8, 4) is 5.75 Å². The maximum atomic E-state index is 12.1. The first-order valence-corrected chi connectivity index (χ1v) is 9.60. The third-order valence-electron chi connectivity index (χ3n) is 4.57. The summed E-state index contributed by atoms with van der Waals surface area (Å²) in [6, 6.07) is 8.02. The van der Waals surface area contributed by atoms with Gasteiger partial charge in [-0.3, -0.25) is 9.59 Å². The molecule has 2 unspecified atom stereocenters. The molecule has 0 bridgehead atoms. The highest BCUT2D eigenvalue weighted by Crippen LogP contribution is 2.17. The third-order valence-corrected chi connectivity index (χ3v) is 4.57. The van der Waals surface area contributed by atoms with Crippen molar-refractivity contribution in [3.05, 3.63) is 29.8 Å². The van der Waals surface area contributed by atoms with E-state index in [0.717, 1.165) is 30.7 Å². The molecule has 3 N–H and O–H groups in total. The molecule has 144 valence electrons. The van der Waals surface area contributed by atoms with Crippen LogP contribution in [-0.4, -0.2) is 37.6 Å². The fourth-order valence-electron chi connectivity index (χ4n) is 3.12. The molecule has 2 amide bonds. The summed E-state index contributed by atoms with van der Waals surface area (Å²) in [6.07, 6.45) is 3.79. The van der Waals surface area contributed by atoms with Gasteiger partial charge in [-0.05, 0) is 57.4 Å². The van der Waals surface area contributed by atoms with Crippen LogP contribution in [0.1, 0.15) is 57.6 Å². The number of nitrogens with one attached hydrogen (secondary N) is 3. The first-order chi connectivity index (χ1) is 12.6. The Morgan fingerprint density at radius 2 is 2.04 bits per heavy atom. The quantitative estimate of drug-likeness (QED) is 0.559. The topological polar surface area (TPSA) is 79.5 Å². The molecule has 0 radical (unpaired) electrons. The number of hydrogen-bond donors (Lipinski definition) is 3. The van der Waals surface area contributed by atoms with Crippen LogP contribution < -0.4 is 20.7 Å². The third kappa shape index (κ3) is 7.04. The van der Waals surface area contributed by atoms with Crippen molar-refractivity contribution < 1.29 is 14.3 Å². The Balaban J connectivity index is 1.60. The summed E-state index contributed by atoms with van der Waals surface area (Å²) in [5.41, 5.74) is 1.04. The number of carbonyl (C=O) groups is 2. The Hall–Kier alpha value is -2.08. The van der Waals surface area contributed by atoms with Gasteiger partial charge in [-0.15, -0.1) is 0 Å². The van der Waals surface area contributed by atoms with Crippen LogP contribution in [0, 0.1) is 0 Å². The van der Waals surface area contributed by atoms with Crippen molar-refractivity contribution >= 4 is 11.8 Å². The molecule has 2 atom stereocenters. The number of rotatable bonds is 10. The molecule has 1 heterocycles. The van der Waals surface area contributed by atoms with E-state index in [-0.39, 0.29) is 17.9 Å². The van der Waals surface area contributed by atoms with Gasteiger partial charge in [0.25, 0.3) is 0 Å². The van der Waals surface area contributed by atoms with E-state index in [1.807, 2.05) is 38.1 Å². The second kappa shape index (κ2) is 10.8. The average Bonchev–Trinajstić information content (AvgIpc) is 3.12. The molecule has 6 heteroatoms. The minimum absolute atomic E-state index is 0.00177. The van der Waals surface area contributed by atoms with E-state index in [9.17, 15) is 9.59 Å². The molecule has 1 saturated heterocycles. The normalized spacial score (nSPS) is 17.5. The summed E-state index contributed by atoms with van der Waals surface area (Å²) < 4.78 is 5.42. The van der Waals surface area contributed by atoms with Crippen molar-refractivity contribution in [2.24, 2.45) is 0 Å². The monoisotopic (exact) mass is 361 g/mol. The summed E-state index contributed by atoms with van der Waals surface area (Å²) in [5.74, 6) is 0.893. The van der Waals surface area contributed by atoms with Crippen molar-refractivity contribution in [2.75, 3.05) is 19.7 Å². The molecule has 26 heavy (non-hydrogen) atoms. The Bertz CT molecular complexity index is 568. The first kappa shape index (κ1) is 20.2. The number of hydrogen-bond acceptors (Lipinski definition) is 4. The standard InChI is InChI=1S/C20H31N3O3/c1-3-26-18-10-8-16(9-11-18)15(2)23-19(24)7-5-13-22-20(25)14-17-6-4-12-21-17/h8-11,15,17,21H,3-7,12-14H2,1-2H3,(H,22,25)(H,23,24). The van der Waals surface area contributed by atoms with Gasteiger partial charge in [0.05, 0.1) is 12.6 Å². The van der Waals surface area contributed by atoms with Gasteiger partial charge >= 0.3 is 0 Å². The van der Waals surface area contributed by atoms with E-state index >= 15 is 0 Å². The van der Waals surface area contributed by atoms with E-state index in [1.165, 1.54) is 0 Å². The van der Waals surface area contributed by atoms with Crippen LogP contribution in [0.2, 0.25) is 0 Å². The zero-order valence-electron chi connectivity index (χ0n) is 15.8. The van der Waals surface area contributed by atoms with Crippen molar-refractivity contribution in [1.82, 2.24) is 16.0 Å².